The highest BCUT2D eigenvalue weighted by molar-refractivity contribution is 9.10. The van der Waals surface area contributed by atoms with Crippen molar-refractivity contribution in [1.82, 2.24) is 0 Å². The van der Waals surface area contributed by atoms with Crippen LogP contribution in [0.5, 0.6) is 5.75 Å². The predicted molar refractivity (Wildman–Crippen MR) is 60.0 cm³/mol. The molecule has 4 heteroatoms. The van der Waals surface area contributed by atoms with E-state index in [2.05, 4.69) is 22.5 Å². The first kappa shape index (κ1) is 11.3. The van der Waals surface area contributed by atoms with Gasteiger partial charge in [0.15, 0.2) is 0 Å². The van der Waals surface area contributed by atoms with E-state index in [0.717, 1.165) is 0 Å². The lowest BCUT2D eigenvalue weighted by molar-refractivity contribution is 0.107. The maximum atomic E-state index is 11.0. The van der Waals surface area contributed by atoms with Crippen LogP contribution in [0.25, 0.3) is 0 Å². The molecule has 0 amide bonds. The van der Waals surface area contributed by atoms with Crippen LogP contribution in [0.2, 0.25) is 0 Å². The number of carbonyl (C=O) groups excluding carboxylic acids is 1. The quantitative estimate of drug-likeness (QED) is 0.622. The maximum Gasteiger partial charge on any atom is 0.256 e. The Hall–Kier alpha value is -0.800. The molecular weight excluding hydrogens is 267 g/mol. The molecular formula is C10H8BrClO2. The molecule has 0 atom stereocenters. The summed E-state index contributed by atoms with van der Waals surface area (Å²) in [5.41, 5.74) is 0.350. The number of benzene rings is 1. The largest absolute Gasteiger partial charge is 0.488 e. The van der Waals surface area contributed by atoms with Crippen molar-refractivity contribution in [3.8, 4) is 5.75 Å². The summed E-state index contributed by atoms with van der Waals surface area (Å²) in [5.74, 6) is 0.451. The summed E-state index contributed by atoms with van der Waals surface area (Å²) in [5, 5.41) is -0.537. The first-order valence-electron chi connectivity index (χ1n) is 3.89. The van der Waals surface area contributed by atoms with Crippen LogP contribution in [-0.2, 0) is 0 Å². The van der Waals surface area contributed by atoms with E-state index >= 15 is 0 Å². The summed E-state index contributed by atoms with van der Waals surface area (Å²) >= 11 is 8.67. The molecule has 2 nitrogen and oxygen atoms in total. The van der Waals surface area contributed by atoms with Gasteiger partial charge in [-0.1, -0.05) is 18.7 Å². The van der Waals surface area contributed by atoms with Gasteiger partial charge in [0.1, 0.15) is 12.4 Å². The van der Waals surface area contributed by atoms with Crippen molar-refractivity contribution in [3.63, 3.8) is 0 Å². The lowest BCUT2D eigenvalue weighted by Crippen LogP contribution is -2.00. The summed E-state index contributed by atoms with van der Waals surface area (Å²) < 4.78 is 6.01. The lowest BCUT2D eigenvalue weighted by atomic mass is 10.2. The van der Waals surface area contributed by atoms with Crippen LogP contribution in [0.1, 0.15) is 10.4 Å². The van der Waals surface area contributed by atoms with Crippen molar-refractivity contribution in [3.05, 3.63) is 40.9 Å². The van der Waals surface area contributed by atoms with Gasteiger partial charge in [0.05, 0.1) is 10.0 Å². The van der Waals surface area contributed by atoms with Crippen LogP contribution < -0.4 is 4.74 Å². The zero-order valence-corrected chi connectivity index (χ0v) is 9.64. The molecule has 0 saturated heterocycles. The second-order valence-electron chi connectivity index (χ2n) is 2.49. The molecule has 14 heavy (non-hydrogen) atoms. The minimum Gasteiger partial charge on any atom is -0.488 e. The van der Waals surface area contributed by atoms with Gasteiger partial charge in [0, 0.05) is 0 Å². The molecule has 0 unspecified atom stereocenters. The topological polar surface area (TPSA) is 26.3 Å². The molecule has 0 aliphatic heterocycles. The molecule has 0 saturated carbocycles. The normalized spacial score (nSPS) is 9.57. The Morgan fingerprint density at radius 2 is 2.36 bits per heavy atom. The van der Waals surface area contributed by atoms with Crippen molar-refractivity contribution < 1.29 is 9.53 Å². The Kier molecular flexibility index (Phi) is 4.17. The number of hydrogen-bond donors (Lipinski definition) is 0. The monoisotopic (exact) mass is 274 g/mol. The number of halogens is 2. The molecule has 0 radical (unpaired) electrons. The van der Waals surface area contributed by atoms with E-state index in [1.807, 2.05) is 0 Å². The highest BCUT2D eigenvalue weighted by Gasteiger charge is 2.12. The van der Waals surface area contributed by atoms with Crippen molar-refractivity contribution in [2.45, 2.75) is 0 Å². The molecule has 0 N–H and O–H groups in total. The van der Waals surface area contributed by atoms with Gasteiger partial charge in [-0.2, -0.15) is 0 Å². The van der Waals surface area contributed by atoms with E-state index < -0.39 is 5.24 Å². The Balaban J connectivity index is 3.08. The highest BCUT2D eigenvalue weighted by atomic mass is 79.9. The van der Waals surface area contributed by atoms with Gasteiger partial charge in [-0.15, -0.1) is 0 Å². The number of para-hydroxylation sites is 1. The Labute approximate surface area is 95.6 Å². The van der Waals surface area contributed by atoms with E-state index in [0.29, 0.717) is 22.4 Å². The average Bonchev–Trinajstić information content (AvgIpc) is 2.15. The van der Waals surface area contributed by atoms with E-state index in [-0.39, 0.29) is 0 Å². The smallest absolute Gasteiger partial charge is 0.256 e. The predicted octanol–water partition coefficient (Wildman–Crippen LogP) is 3.39. The molecule has 1 aromatic rings. The van der Waals surface area contributed by atoms with Gasteiger partial charge in [-0.3, -0.25) is 4.79 Å². The molecule has 74 valence electrons. The van der Waals surface area contributed by atoms with E-state index in [4.69, 9.17) is 16.3 Å². The summed E-state index contributed by atoms with van der Waals surface area (Å²) in [6.07, 6.45) is 1.60. The molecule has 0 heterocycles. The number of rotatable bonds is 4. The second-order valence-corrected chi connectivity index (χ2v) is 3.69. The fourth-order valence-corrected chi connectivity index (χ4v) is 1.58. The summed E-state index contributed by atoms with van der Waals surface area (Å²) in [4.78, 5) is 11.0. The van der Waals surface area contributed by atoms with Gasteiger partial charge in [0.2, 0.25) is 0 Å². The second kappa shape index (κ2) is 5.17. The van der Waals surface area contributed by atoms with Crippen molar-refractivity contribution in [1.29, 1.82) is 0 Å². The fourth-order valence-electron chi connectivity index (χ4n) is 0.953. The Bertz CT molecular complexity index is 363. The molecule has 0 aromatic heterocycles. The van der Waals surface area contributed by atoms with E-state index in [1.54, 1.807) is 24.3 Å². The molecule has 1 aromatic carbocycles. The molecule has 0 aliphatic rings. The average molecular weight is 276 g/mol. The Morgan fingerprint density at radius 3 is 2.93 bits per heavy atom. The van der Waals surface area contributed by atoms with Gasteiger partial charge < -0.3 is 4.74 Å². The zero-order valence-electron chi connectivity index (χ0n) is 7.30. The molecule has 0 aliphatic carbocycles. The zero-order chi connectivity index (χ0) is 10.6. The van der Waals surface area contributed by atoms with Crippen LogP contribution in [0.15, 0.2) is 35.3 Å². The van der Waals surface area contributed by atoms with Crippen molar-refractivity contribution in [2.75, 3.05) is 6.61 Å². The summed E-state index contributed by atoms with van der Waals surface area (Å²) in [6, 6.07) is 5.11. The van der Waals surface area contributed by atoms with Crippen molar-refractivity contribution >= 4 is 32.8 Å². The minimum absolute atomic E-state index is 0.333. The van der Waals surface area contributed by atoms with Crippen LogP contribution in [-0.4, -0.2) is 11.8 Å². The third kappa shape index (κ3) is 2.59. The van der Waals surface area contributed by atoms with E-state index in [1.165, 1.54) is 0 Å². The third-order valence-corrected chi connectivity index (χ3v) is 2.35. The highest BCUT2D eigenvalue weighted by Crippen LogP contribution is 2.30. The number of hydrogen-bond acceptors (Lipinski definition) is 2. The standard InChI is InChI=1S/C10H8BrClO2/c1-2-6-14-9-7(10(12)13)4-3-5-8(9)11/h2-5H,1,6H2. The van der Waals surface area contributed by atoms with Crippen LogP contribution >= 0.6 is 27.5 Å². The van der Waals surface area contributed by atoms with Crippen LogP contribution in [0.4, 0.5) is 0 Å². The third-order valence-electron chi connectivity index (χ3n) is 1.52. The maximum absolute atomic E-state index is 11.0. The number of carbonyl (C=O) groups is 1. The van der Waals surface area contributed by atoms with Crippen molar-refractivity contribution in [2.24, 2.45) is 0 Å². The molecule has 0 spiro atoms. The molecule has 1 rings (SSSR count). The van der Waals surface area contributed by atoms with Gasteiger partial charge in [-0.25, -0.2) is 0 Å². The Morgan fingerprint density at radius 1 is 1.64 bits per heavy atom. The first-order chi connectivity index (χ1) is 6.66. The SMILES string of the molecule is C=CCOc1c(Br)cccc1C(=O)Cl. The molecule has 0 fully saturated rings. The molecule has 0 bridgehead atoms. The fraction of sp³-hybridized carbons (Fsp3) is 0.100. The number of ether oxygens (including phenoxy) is 1. The van der Waals surface area contributed by atoms with Crippen LogP contribution in [0.3, 0.4) is 0 Å². The summed E-state index contributed by atoms with van der Waals surface area (Å²) in [7, 11) is 0. The van der Waals surface area contributed by atoms with Crippen LogP contribution in [0, 0.1) is 0 Å². The minimum atomic E-state index is -0.537. The summed E-state index contributed by atoms with van der Waals surface area (Å²) in [6.45, 7) is 3.85. The van der Waals surface area contributed by atoms with Gasteiger partial charge in [-0.05, 0) is 39.7 Å². The van der Waals surface area contributed by atoms with E-state index in [9.17, 15) is 4.79 Å². The van der Waals surface area contributed by atoms with Gasteiger partial charge >= 0.3 is 0 Å². The van der Waals surface area contributed by atoms with Gasteiger partial charge in [0.25, 0.3) is 5.24 Å². The lowest BCUT2D eigenvalue weighted by Gasteiger charge is -2.08. The first-order valence-corrected chi connectivity index (χ1v) is 5.06.